The van der Waals surface area contributed by atoms with Crippen molar-refractivity contribution in [2.75, 3.05) is 5.73 Å². The van der Waals surface area contributed by atoms with Crippen molar-refractivity contribution < 1.29 is 0 Å². The van der Waals surface area contributed by atoms with Crippen LogP contribution in [0.1, 0.15) is 5.56 Å². The molecule has 0 radical (unpaired) electrons. The second-order valence-electron chi connectivity index (χ2n) is 3.46. The number of nitrogens with two attached hydrogens (primary N) is 1. The molecule has 0 saturated carbocycles. The van der Waals surface area contributed by atoms with Crippen LogP contribution in [0.5, 0.6) is 0 Å². The summed E-state index contributed by atoms with van der Waals surface area (Å²) in [5.74, 6) is 0.543. The van der Waals surface area contributed by atoms with Crippen molar-refractivity contribution >= 4 is 5.95 Å². The maximum atomic E-state index is 5.67. The standard InChI is InChI=1S/C11H13N3/c1-8-4-3-5-9(6-8)10-7-14(2)11(12)13-10/h3-7H,1-2H3,(H2,12,13). The van der Waals surface area contributed by atoms with Gasteiger partial charge >= 0.3 is 0 Å². The second-order valence-corrected chi connectivity index (χ2v) is 3.46. The Bertz CT molecular complexity index is 438. The molecule has 2 rings (SSSR count). The average Bonchev–Trinajstić information content (AvgIpc) is 2.47. The third-order valence-corrected chi connectivity index (χ3v) is 2.23. The number of nitrogen functional groups attached to an aromatic ring is 1. The van der Waals surface area contributed by atoms with Crippen molar-refractivity contribution in [3.8, 4) is 11.3 Å². The minimum atomic E-state index is 0.543. The molecule has 0 aliphatic rings. The molecule has 0 unspecified atom stereocenters. The van der Waals surface area contributed by atoms with Gasteiger partial charge in [0.15, 0.2) is 5.95 Å². The van der Waals surface area contributed by atoms with Crippen LogP contribution < -0.4 is 5.73 Å². The van der Waals surface area contributed by atoms with Crippen molar-refractivity contribution in [1.29, 1.82) is 0 Å². The van der Waals surface area contributed by atoms with Crippen LogP contribution >= 0.6 is 0 Å². The van der Waals surface area contributed by atoms with E-state index in [0.29, 0.717) is 5.95 Å². The molecule has 2 N–H and O–H groups in total. The largest absolute Gasteiger partial charge is 0.369 e. The lowest BCUT2D eigenvalue weighted by atomic mass is 10.1. The van der Waals surface area contributed by atoms with Gasteiger partial charge in [-0.15, -0.1) is 0 Å². The second kappa shape index (κ2) is 3.18. The smallest absolute Gasteiger partial charge is 0.200 e. The first-order valence-corrected chi connectivity index (χ1v) is 4.52. The highest BCUT2D eigenvalue weighted by Gasteiger charge is 2.03. The summed E-state index contributed by atoms with van der Waals surface area (Å²) in [5, 5.41) is 0. The van der Waals surface area contributed by atoms with Gasteiger partial charge < -0.3 is 10.3 Å². The third kappa shape index (κ3) is 1.48. The molecular weight excluding hydrogens is 174 g/mol. The van der Waals surface area contributed by atoms with Crippen molar-refractivity contribution in [3.63, 3.8) is 0 Å². The molecule has 0 amide bonds. The normalized spacial score (nSPS) is 10.4. The van der Waals surface area contributed by atoms with Crippen LogP contribution in [0.2, 0.25) is 0 Å². The molecule has 1 aromatic heterocycles. The molecule has 0 aliphatic carbocycles. The highest BCUT2D eigenvalue weighted by atomic mass is 15.1. The quantitative estimate of drug-likeness (QED) is 0.741. The number of hydrogen-bond acceptors (Lipinski definition) is 2. The Balaban J connectivity index is 2.49. The lowest BCUT2D eigenvalue weighted by Crippen LogP contribution is -1.94. The third-order valence-electron chi connectivity index (χ3n) is 2.23. The summed E-state index contributed by atoms with van der Waals surface area (Å²) in [4.78, 5) is 4.26. The lowest BCUT2D eigenvalue weighted by Gasteiger charge is -1.96. The Labute approximate surface area is 83.2 Å². The molecule has 72 valence electrons. The zero-order valence-electron chi connectivity index (χ0n) is 8.36. The van der Waals surface area contributed by atoms with Crippen molar-refractivity contribution in [3.05, 3.63) is 36.0 Å². The molecular formula is C11H13N3. The van der Waals surface area contributed by atoms with Crippen LogP contribution in [0.4, 0.5) is 5.95 Å². The summed E-state index contributed by atoms with van der Waals surface area (Å²) in [6, 6.07) is 8.22. The molecule has 1 aromatic carbocycles. The summed E-state index contributed by atoms with van der Waals surface area (Å²) in [6.07, 6.45) is 1.93. The van der Waals surface area contributed by atoms with Gasteiger partial charge in [0.2, 0.25) is 0 Å². The highest BCUT2D eigenvalue weighted by molar-refractivity contribution is 5.61. The molecule has 0 fully saturated rings. The number of aromatic nitrogens is 2. The van der Waals surface area contributed by atoms with E-state index >= 15 is 0 Å². The van der Waals surface area contributed by atoms with Gasteiger partial charge in [0, 0.05) is 18.8 Å². The summed E-state index contributed by atoms with van der Waals surface area (Å²) in [5.41, 5.74) is 8.93. The Kier molecular flexibility index (Phi) is 2.00. The van der Waals surface area contributed by atoms with Crippen LogP contribution in [0.3, 0.4) is 0 Å². The average molecular weight is 187 g/mol. The van der Waals surface area contributed by atoms with Gasteiger partial charge in [-0.1, -0.05) is 23.8 Å². The lowest BCUT2D eigenvalue weighted by molar-refractivity contribution is 0.930. The van der Waals surface area contributed by atoms with E-state index < -0.39 is 0 Å². The van der Waals surface area contributed by atoms with Gasteiger partial charge in [-0.25, -0.2) is 4.98 Å². The number of benzene rings is 1. The number of anilines is 1. The first-order valence-electron chi connectivity index (χ1n) is 4.52. The number of nitrogens with zero attached hydrogens (tertiary/aromatic N) is 2. The van der Waals surface area contributed by atoms with Gasteiger partial charge in [0.25, 0.3) is 0 Å². The fraction of sp³-hybridized carbons (Fsp3) is 0.182. The molecule has 3 nitrogen and oxygen atoms in total. The van der Waals surface area contributed by atoms with Gasteiger partial charge in [0.1, 0.15) is 0 Å². The zero-order valence-corrected chi connectivity index (χ0v) is 8.36. The number of rotatable bonds is 1. The van der Waals surface area contributed by atoms with Gasteiger partial charge in [0.05, 0.1) is 5.69 Å². The first kappa shape index (κ1) is 8.81. The SMILES string of the molecule is Cc1cccc(-c2cn(C)c(N)n2)c1. The topological polar surface area (TPSA) is 43.8 Å². The Morgan fingerprint density at radius 3 is 2.71 bits per heavy atom. The molecule has 0 saturated heterocycles. The minimum absolute atomic E-state index is 0.543. The van der Waals surface area contributed by atoms with E-state index in [9.17, 15) is 0 Å². The van der Waals surface area contributed by atoms with E-state index in [1.165, 1.54) is 5.56 Å². The number of imidazole rings is 1. The highest BCUT2D eigenvalue weighted by Crippen LogP contribution is 2.19. The molecule has 1 heterocycles. The summed E-state index contributed by atoms with van der Waals surface area (Å²) >= 11 is 0. The number of hydrogen-bond donors (Lipinski definition) is 1. The van der Waals surface area contributed by atoms with E-state index in [2.05, 4.69) is 24.0 Å². The molecule has 14 heavy (non-hydrogen) atoms. The maximum Gasteiger partial charge on any atom is 0.200 e. The van der Waals surface area contributed by atoms with Crippen LogP contribution in [0.15, 0.2) is 30.5 Å². The van der Waals surface area contributed by atoms with E-state index in [1.807, 2.05) is 29.9 Å². The van der Waals surface area contributed by atoms with Crippen LogP contribution in [-0.2, 0) is 7.05 Å². The summed E-state index contributed by atoms with van der Waals surface area (Å²) in [7, 11) is 1.89. The fourth-order valence-electron chi connectivity index (χ4n) is 1.42. The zero-order chi connectivity index (χ0) is 10.1. The van der Waals surface area contributed by atoms with Crippen molar-refractivity contribution in [1.82, 2.24) is 9.55 Å². The predicted octanol–water partition coefficient (Wildman–Crippen LogP) is 1.98. The molecule has 0 atom stereocenters. The van der Waals surface area contributed by atoms with Gasteiger partial charge in [-0.05, 0) is 13.0 Å². The van der Waals surface area contributed by atoms with Crippen LogP contribution in [0.25, 0.3) is 11.3 Å². The van der Waals surface area contributed by atoms with Crippen molar-refractivity contribution in [2.45, 2.75) is 6.92 Å². The summed E-state index contributed by atoms with van der Waals surface area (Å²) in [6.45, 7) is 2.07. The van der Waals surface area contributed by atoms with E-state index in [0.717, 1.165) is 11.3 Å². The monoisotopic (exact) mass is 187 g/mol. The van der Waals surface area contributed by atoms with Crippen LogP contribution in [0, 0.1) is 6.92 Å². The Morgan fingerprint density at radius 2 is 2.14 bits per heavy atom. The number of aryl methyl sites for hydroxylation is 2. The molecule has 0 spiro atoms. The van der Waals surface area contributed by atoms with Gasteiger partial charge in [-0.3, -0.25) is 0 Å². The van der Waals surface area contributed by atoms with E-state index in [4.69, 9.17) is 5.73 Å². The molecule has 3 heteroatoms. The summed E-state index contributed by atoms with van der Waals surface area (Å²) < 4.78 is 1.82. The Morgan fingerprint density at radius 1 is 1.36 bits per heavy atom. The van der Waals surface area contributed by atoms with Crippen molar-refractivity contribution in [2.24, 2.45) is 7.05 Å². The van der Waals surface area contributed by atoms with E-state index in [1.54, 1.807) is 0 Å². The Hall–Kier alpha value is -1.77. The fourth-order valence-corrected chi connectivity index (χ4v) is 1.42. The minimum Gasteiger partial charge on any atom is -0.369 e. The predicted molar refractivity (Wildman–Crippen MR) is 57.8 cm³/mol. The molecule has 0 bridgehead atoms. The maximum absolute atomic E-state index is 5.67. The van der Waals surface area contributed by atoms with Gasteiger partial charge in [-0.2, -0.15) is 0 Å². The molecule has 0 aliphatic heterocycles. The molecule has 2 aromatic rings. The van der Waals surface area contributed by atoms with Crippen LogP contribution in [-0.4, -0.2) is 9.55 Å². The van der Waals surface area contributed by atoms with E-state index in [-0.39, 0.29) is 0 Å². The first-order chi connectivity index (χ1) is 6.66.